The van der Waals surface area contributed by atoms with Crippen molar-refractivity contribution in [2.45, 2.75) is 59.6 Å². The molecule has 0 amide bonds. The van der Waals surface area contributed by atoms with Gasteiger partial charge in [0.25, 0.3) is 0 Å². The zero-order chi connectivity index (χ0) is 14.5. The predicted molar refractivity (Wildman–Crippen MR) is 82.7 cm³/mol. The third kappa shape index (κ3) is 4.26. The fourth-order valence-electron chi connectivity index (χ4n) is 2.09. The lowest BCUT2D eigenvalue weighted by atomic mass is 10.0. The first-order chi connectivity index (χ1) is 8.96. The Morgan fingerprint density at radius 1 is 1.37 bits per heavy atom. The SMILES string of the molecule is CCOC(C)(CC)c1nc(CC(C)C)c(CNC)s1. The maximum absolute atomic E-state index is 5.94. The summed E-state index contributed by atoms with van der Waals surface area (Å²) < 4.78 is 5.94. The van der Waals surface area contributed by atoms with Gasteiger partial charge in [0, 0.05) is 18.0 Å². The summed E-state index contributed by atoms with van der Waals surface area (Å²) in [7, 11) is 1.99. The molecule has 1 aromatic rings. The van der Waals surface area contributed by atoms with Crippen LogP contribution in [0, 0.1) is 5.92 Å². The Balaban J connectivity index is 3.07. The first-order valence-corrected chi connectivity index (χ1v) is 8.06. The van der Waals surface area contributed by atoms with Gasteiger partial charge in [-0.15, -0.1) is 11.3 Å². The van der Waals surface area contributed by atoms with Crippen LogP contribution in [0.3, 0.4) is 0 Å². The van der Waals surface area contributed by atoms with Gasteiger partial charge in [0.15, 0.2) is 0 Å². The van der Waals surface area contributed by atoms with Crippen molar-refractivity contribution in [1.82, 2.24) is 10.3 Å². The van der Waals surface area contributed by atoms with Crippen LogP contribution in [0.25, 0.3) is 0 Å². The van der Waals surface area contributed by atoms with Crippen molar-refractivity contribution in [3.63, 3.8) is 0 Å². The fourth-order valence-corrected chi connectivity index (χ4v) is 3.36. The molecule has 1 heterocycles. The van der Waals surface area contributed by atoms with E-state index >= 15 is 0 Å². The smallest absolute Gasteiger partial charge is 0.125 e. The Hall–Kier alpha value is -0.450. The van der Waals surface area contributed by atoms with E-state index in [9.17, 15) is 0 Å². The zero-order valence-corrected chi connectivity index (χ0v) is 14.0. The van der Waals surface area contributed by atoms with Crippen LogP contribution in [0.1, 0.15) is 56.6 Å². The monoisotopic (exact) mass is 284 g/mol. The van der Waals surface area contributed by atoms with Gasteiger partial charge in [0.05, 0.1) is 5.69 Å². The van der Waals surface area contributed by atoms with E-state index < -0.39 is 0 Å². The van der Waals surface area contributed by atoms with Crippen LogP contribution in [0.2, 0.25) is 0 Å². The highest BCUT2D eigenvalue weighted by atomic mass is 32.1. The van der Waals surface area contributed by atoms with Crippen LogP contribution in [0.5, 0.6) is 0 Å². The van der Waals surface area contributed by atoms with Crippen molar-refractivity contribution < 1.29 is 4.74 Å². The van der Waals surface area contributed by atoms with Crippen LogP contribution in [0.15, 0.2) is 0 Å². The molecule has 0 fully saturated rings. The highest BCUT2D eigenvalue weighted by molar-refractivity contribution is 7.11. The molecule has 1 atom stereocenters. The average molecular weight is 284 g/mol. The summed E-state index contributed by atoms with van der Waals surface area (Å²) in [5.41, 5.74) is 1.00. The summed E-state index contributed by atoms with van der Waals surface area (Å²) in [4.78, 5) is 6.24. The van der Waals surface area contributed by atoms with E-state index in [-0.39, 0.29) is 5.60 Å². The molecule has 0 spiro atoms. The molecule has 1 rings (SSSR count). The van der Waals surface area contributed by atoms with Crippen molar-refractivity contribution in [3.8, 4) is 0 Å². The quantitative estimate of drug-likeness (QED) is 0.790. The summed E-state index contributed by atoms with van der Waals surface area (Å²) in [6, 6.07) is 0. The predicted octanol–water partition coefficient (Wildman–Crippen LogP) is 3.72. The standard InChI is InChI=1S/C15H28N2OS/c1-7-15(5,18-8-2)14-17-12(9-11(3)4)13(19-14)10-16-6/h11,16H,7-10H2,1-6H3. The van der Waals surface area contributed by atoms with Crippen molar-refractivity contribution in [3.05, 3.63) is 15.6 Å². The largest absolute Gasteiger partial charge is 0.368 e. The van der Waals surface area contributed by atoms with Gasteiger partial charge in [0.1, 0.15) is 10.6 Å². The van der Waals surface area contributed by atoms with Gasteiger partial charge in [-0.1, -0.05) is 20.8 Å². The average Bonchev–Trinajstić information content (AvgIpc) is 2.73. The third-order valence-electron chi connectivity index (χ3n) is 3.31. The van der Waals surface area contributed by atoms with Crippen LogP contribution in [0.4, 0.5) is 0 Å². The van der Waals surface area contributed by atoms with E-state index in [0.717, 1.165) is 31.0 Å². The Bertz CT molecular complexity index is 389. The van der Waals surface area contributed by atoms with E-state index in [0.29, 0.717) is 5.92 Å². The van der Waals surface area contributed by atoms with E-state index in [2.05, 4.69) is 33.0 Å². The van der Waals surface area contributed by atoms with Crippen LogP contribution < -0.4 is 5.32 Å². The first kappa shape index (κ1) is 16.6. The molecule has 0 saturated carbocycles. The molecule has 1 N–H and O–H groups in total. The molecule has 3 nitrogen and oxygen atoms in total. The topological polar surface area (TPSA) is 34.1 Å². The molecule has 0 aliphatic rings. The summed E-state index contributed by atoms with van der Waals surface area (Å²) in [6.07, 6.45) is 1.99. The summed E-state index contributed by atoms with van der Waals surface area (Å²) in [5, 5.41) is 4.36. The first-order valence-electron chi connectivity index (χ1n) is 7.24. The van der Waals surface area contributed by atoms with Gasteiger partial charge < -0.3 is 10.1 Å². The molecule has 0 saturated heterocycles. The molecule has 0 aliphatic heterocycles. The van der Waals surface area contributed by atoms with Crippen molar-refractivity contribution in [1.29, 1.82) is 0 Å². The highest BCUT2D eigenvalue weighted by Gasteiger charge is 2.30. The van der Waals surface area contributed by atoms with Gasteiger partial charge in [-0.05, 0) is 39.7 Å². The molecule has 110 valence electrons. The molecule has 4 heteroatoms. The van der Waals surface area contributed by atoms with Crippen molar-refractivity contribution in [2.24, 2.45) is 5.92 Å². The Morgan fingerprint density at radius 3 is 2.53 bits per heavy atom. The number of ether oxygens (including phenoxy) is 1. The third-order valence-corrected chi connectivity index (χ3v) is 4.65. The van der Waals surface area contributed by atoms with Gasteiger partial charge in [-0.25, -0.2) is 4.98 Å². The minimum absolute atomic E-state index is 0.239. The Labute approximate surface area is 121 Å². The van der Waals surface area contributed by atoms with Crippen LogP contribution >= 0.6 is 11.3 Å². The highest BCUT2D eigenvalue weighted by Crippen LogP contribution is 2.34. The van der Waals surface area contributed by atoms with Gasteiger partial charge in [0.2, 0.25) is 0 Å². The number of hydrogen-bond donors (Lipinski definition) is 1. The van der Waals surface area contributed by atoms with Gasteiger partial charge in [-0.2, -0.15) is 0 Å². The minimum Gasteiger partial charge on any atom is -0.368 e. The second-order valence-corrected chi connectivity index (χ2v) is 6.62. The molecule has 1 aromatic heterocycles. The second-order valence-electron chi connectivity index (χ2n) is 5.53. The number of rotatable bonds is 8. The maximum atomic E-state index is 5.94. The fraction of sp³-hybridized carbons (Fsp3) is 0.800. The summed E-state index contributed by atoms with van der Waals surface area (Å²) in [5.74, 6) is 0.630. The molecule has 0 bridgehead atoms. The van der Waals surface area contributed by atoms with E-state index in [1.807, 2.05) is 14.0 Å². The summed E-state index contributed by atoms with van der Waals surface area (Å²) in [6.45, 7) is 12.5. The lowest BCUT2D eigenvalue weighted by Gasteiger charge is -2.25. The number of aromatic nitrogens is 1. The molecule has 0 radical (unpaired) electrons. The van der Waals surface area contributed by atoms with E-state index in [1.54, 1.807) is 11.3 Å². The lowest BCUT2D eigenvalue weighted by molar-refractivity contribution is -0.0325. The number of thiazole rings is 1. The molecular weight excluding hydrogens is 256 g/mol. The Kier molecular flexibility index (Phi) is 6.43. The maximum Gasteiger partial charge on any atom is 0.125 e. The molecule has 1 unspecified atom stereocenters. The van der Waals surface area contributed by atoms with Crippen molar-refractivity contribution >= 4 is 11.3 Å². The van der Waals surface area contributed by atoms with E-state index in [1.165, 1.54) is 10.6 Å². The molecule has 19 heavy (non-hydrogen) atoms. The normalized spacial score (nSPS) is 14.9. The Morgan fingerprint density at radius 2 is 2.05 bits per heavy atom. The van der Waals surface area contributed by atoms with Crippen LogP contribution in [-0.4, -0.2) is 18.6 Å². The van der Waals surface area contributed by atoms with Crippen LogP contribution in [-0.2, 0) is 23.3 Å². The second kappa shape index (κ2) is 7.36. The molecule has 0 aromatic carbocycles. The lowest BCUT2D eigenvalue weighted by Crippen LogP contribution is -2.24. The molecule has 0 aliphatic carbocycles. The number of nitrogens with zero attached hydrogens (tertiary/aromatic N) is 1. The summed E-state index contributed by atoms with van der Waals surface area (Å²) >= 11 is 1.80. The van der Waals surface area contributed by atoms with E-state index in [4.69, 9.17) is 9.72 Å². The van der Waals surface area contributed by atoms with Gasteiger partial charge in [-0.3, -0.25) is 0 Å². The number of nitrogens with one attached hydrogen (secondary N) is 1. The molecular formula is C15H28N2OS. The minimum atomic E-state index is -0.239. The zero-order valence-electron chi connectivity index (χ0n) is 13.2. The van der Waals surface area contributed by atoms with Gasteiger partial charge >= 0.3 is 0 Å². The van der Waals surface area contributed by atoms with Crippen molar-refractivity contribution in [2.75, 3.05) is 13.7 Å². The number of hydrogen-bond acceptors (Lipinski definition) is 4.